The standard InChI is InChI=1S/C16H12Br2N2O/c1-9-10(6-4-8-12(9)17)15-14(16(19)20-21-15)11-5-2-3-7-13(11)18/h2-8H,1H3,(H2,19,20). The molecule has 0 fully saturated rings. The van der Waals surface area contributed by atoms with Crippen molar-refractivity contribution in [2.75, 3.05) is 5.73 Å². The van der Waals surface area contributed by atoms with Crippen LogP contribution in [0.5, 0.6) is 0 Å². The Morgan fingerprint density at radius 3 is 2.38 bits per heavy atom. The van der Waals surface area contributed by atoms with E-state index in [9.17, 15) is 0 Å². The molecule has 1 heterocycles. The Labute approximate surface area is 139 Å². The molecule has 0 saturated carbocycles. The highest BCUT2D eigenvalue weighted by Crippen LogP contribution is 2.41. The summed E-state index contributed by atoms with van der Waals surface area (Å²) in [7, 11) is 0. The zero-order valence-electron chi connectivity index (χ0n) is 11.2. The lowest BCUT2D eigenvalue weighted by atomic mass is 9.99. The number of anilines is 1. The van der Waals surface area contributed by atoms with E-state index in [0.29, 0.717) is 11.6 Å². The molecule has 0 saturated heterocycles. The molecular weight excluding hydrogens is 396 g/mol. The van der Waals surface area contributed by atoms with E-state index in [4.69, 9.17) is 10.3 Å². The molecular formula is C16H12Br2N2O. The third kappa shape index (κ3) is 2.51. The summed E-state index contributed by atoms with van der Waals surface area (Å²) in [5.74, 6) is 1.06. The van der Waals surface area contributed by atoms with Gasteiger partial charge in [-0.25, -0.2) is 0 Å². The first-order valence-corrected chi connectivity index (χ1v) is 7.93. The fraction of sp³-hybridized carbons (Fsp3) is 0.0625. The first kappa shape index (κ1) is 14.4. The lowest BCUT2D eigenvalue weighted by Gasteiger charge is -2.08. The summed E-state index contributed by atoms with van der Waals surface area (Å²) in [4.78, 5) is 0. The van der Waals surface area contributed by atoms with Gasteiger partial charge in [-0.1, -0.05) is 67.3 Å². The van der Waals surface area contributed by atoms with Gasteiger partial charge in [-0.15, -0.1) is 0 Å². The van der Waals surface area contributed by atoms with Gasteiger partial charge >= 0.3 is 0 Å². The molecule has 0 amide bonds. The molecule has 0 atom stereocenters. The summed E-state index contributed by atoms with van der Waals surface area (Å²) in [6, 6.07) is 13.8. The summed E-state index contributed by atoms with van der Waals surface area (Å²) >= 11 is 7.10. The topological polar surface area (TPSA) is 52.0 Å². The van der Waals surface area contributed by atoms with Crippen LogP contribution in [0.2, 0.25) is 0 Å². The number of nitrogens with two attached hydrogens (primary N) is 1. The molecule has 0 aliphatic rings. The van der Waals surface area contributed by atoms with E-state index in [1.165, 1.54) is 0 Å². The van der Waals surface area contributed by atoms with Gasteiger partial charge in [0.05, 0.1) is 5.56 Å². The van der Waals surface area contributed by atoms with Crippen molar-refractivity contribution in [3.05, 3.63) is 57.0 Å². The normalized spacial score (nSPS) is 10.8. The van der Waals surface area contributed by atoms with Gasteiger partial charge in [0.1, 0.15) is 0 Å². The number of nitrogen functional groups attached to an aromatic ring is 1. The molecule has 3 aromatic rings. The molecule has 0 spiro atoms. The Morgan fingerprint density at radius 1 is 0.952 bits per heavy atom. The van der Waals surface area contributed by atoms with Crippen molar-refractivity contribution in [1.82, 2.24) is 5.16 Å². The largest absolute Gasteiger partial charge is 0.380 e. The second kappa shape index (κ2) is 5.66. The van der Waals surface area contributed by atoms with Crippen LogP contribution in [0.4, 0.5) is 5.82 Å². The maximum Gasteiger partial charge on any atom is 0.177 e. The SMILES string of the molecule is Cc1c(Br)cccc1-c1onc(N)c1-c1ccccc1Br. The van der Waals surface area contributed by atoms with Crippen LogP contribution in [-0.2, 0) is 0 Å². The Hall–Kier alpha value is -1.59. The molecule has 3 nitrogen and oxygen atoms in total. The molecule has 0 bridgehead atoms. The van der Waals surface area contributed by atoms with Gasteiger partial charge in [0.25, 0.3) is 0 Å². The van der Waals surface area contributed by atoms with Crippen LogP contribution in [-0.4, -0.2) is 5.16 Å². The first-order chi connectivity index (χ1) is 10.1. The number of benzene rings is 2. The van der Waals surface area contributed by atoms with Crippen molar-refractivity contribution in [3.63, 3.8) is 0 Å². The van der Waals surface area contributed by atoms with Crippen LogP contribution in [0.3, 0.4) is 0 Å². The van der Waals surface area contributed by atoms with E-state index < -0.39 is 0 Å². The number of halogens is 2. The smallest absolute Gasteiger partial charge is 0.177 e. The summed E-state index contributed by atoms with van der Waals surface area (Å²) in [6.45, 7) is 2.03. The average Bonchev–Trinajstić information content (AvgIpc) is 2.84. The highest BCUT2D eigenvalue weighted by atomic mass is 79.9. The number of rotatable bonds is 2. The monoisotopic (exact) mass is 406 g/mol. The van der Waals surface area contributed by atoms with E-state index in [-0.39, 0.29) is 0 Å². The summed E-state index contributed by atoms with van der Waals surface area (Å²) < 4.78 is 7.48. The molecule has 3 rings (SSSR count). The molecule has 2 aromatic carbocycles. The van der Waals surface area contributed by atoms with Gasteiger partial charge in [-0.3, -0.25) is 0 Å². The van der Waals surface area contributed by atoms with Crippen molar-refractivity contribution in [1.29, 1.82) is 0 Å². The molecule has 21 heavy (non-hydrogen) atoms. The van der Waals surface area contributed by atoms with Gasteiger partial charge < -0.3 is 10.3 Å². The lowest BCUT2D eigenvalue weighted by molar-refractivity contribution is 0.436. The van der Waals surface area contributed by atoms with Gasteiger partial charge in [0.15, 0.2) is 11.6 Å². The maximum absolute atomic E-state index is 6.03. The Kier molecular flexibility index (Phi) is 3.87. The molecule has 5 heteroatoms. The summed E-state index contributed by atoms with van der Waals surface area (Å²) in [5, 5.41) is 3.95. The summed E-state index contributed by atoms with van der Waals surface area (Å²) in [5.41, 5.74) is 9.86. The predicted octanol–water partition coefficient (Wildman–Crippen LogP) is 5.42. The van der Waals surface area contributed by atoms with Crippen molar-refractivity contribution in [2.24, 2.45) is 0 Å². The molecule has 0 aliphatic carbocycles. The van der Waals surface area contributed by atoms with E-state index >= 15 is 0 Å². The van der Waals surface area contributed by atoms with Crippen molar-refractivity contribution in [3.8, 4) is 22.5 Å². The molecule has 0 aliphatic heterocycles. The second-order valence-electron chi connectivity index (χ2n) is 4.66. The number of hydrogen-bond donors (Lipinski definition) is 1. The molecule has 0 unspecified atom stereocenters. The maximum atomic E-state index is 6.03. The van der Waals surface area contributed by atoms with Crippen LogP contribution in [0.1, 0.15) is 5.56 Å². The van der Waals surface area contributed by atoms with Gasteiger partial charge in [-0.05, 0) is 24.6 Å². The Bertz CT molecular complexity index is 812. The average molecular weight is 408 g/mol. The highest BCUT2D eigenvalue weighted by molar-refractivity contribution is 9.10. The quantitative estimate of drug-likeness (QED) is 0.616. The highest BCUT2D eigenvalue weighted by Gasteiger charge is 2.21. The fourth-order valence-electron chi connectivity index (χ4n) is 2.26. The number of nitrogens with zero attached hydrogens (tertiary/aromatic N) is 1. The Balaban J connectivity index is 2.28. The zero-order valence-corrected chi connectivity index (χ0v) is 14.4. The predicted molar refractivity (Wildman–Crippen MR) is 91.9 cm³/mol. The van der Waals surface area contributed by atoms with Crippen LogP contribution >= 0.6 is 31.9 Å². The zero-order chi connectivity index (χ0) is 15.0. The molecule has 1 aromatic heterocycles. The molecule has 106 valence electrons. The van der Waals surface area contributed by atoms with Crippen LogP contribution in [0, 0.1) is 6.92 Å². The van der Waals surface area contributed by atoms with Crippen molar-refractivity contribution in [2.45, 2.75) is 6.92 Å². The van der Waals surface area contributed by atoms with E-state index in [1.54, 1.807) is 0 Å². The van der Waals surface area contributed by atoms with E-state index in [0.717, 1.165) is 31.2 Å². The van der Waals surface area contributed by atoms with Gasteiger partial charge in [0, 0.05) is 20.1 Å². The first-order valence-electron chi connectivity index (χ1n) is 6.35. The number of hydrogen-bond acceptors (Lipinski definition) is 3. The third-order valence-electron chi connectivity index (χ3n) is 3.37. The second-order valence-corrected chi connectivity index (χ2v) is 6.37. The third-order valence-corrected chi connectivity index (χ3v) is 4.92. The Morgan fingerprint density at radius 2 is 1.62 bits per heavy atom. The van der Waals surface area contributed by atoms with Crippen LogP contribution in [0.15, 0.2) is 55.9 Å². The molecule has 0 radical (unpaired) electrons. The van der Waals surface area contributed by atoms with Gasteiger partial charge in [-0.2, -0.15) is 0 Å². The van der Waals surface area contributed by atoms with Crippen molar-refractivity contribution >= 4 is 37.7 Å². The van der Waals surface area contributed by atoms with E-state index in [1.807, 2.05) is 49.4 Å². The minimum Gasteiger partial charge on any atom is -0.380 e. The number of aromatic nitrogens is 1. The van der Waals surface area contributed by atoms with Crippen molar-refractivity contribution < 1.29 is 4.52 Å². The van der Waals surface area contributed by atoms with Crippen LogP contribution < -0.4 is 5.73 Å². The minimum absolute atomic E-state index is 0.385. The van der Waals surface area contributed by atoms with Gasteiger partial charge in [0.2, 0.25) is 0 Å². The molecule has 2 N–H and O–H groups in total. The lowest BCUT2D eigenvalue weighted by Crippen LogP contribution is -1.91. The van der Waals surface area contributed by atoms with E-state index in [2.05, 4.69) is 37.0 Å². The fourth-order valence-corrected chi connectivity index (χ4v) is 3.11. The van der Waals surface area contributed by atoms with Crippen LogP contribution in [0.25, 0.3) is 22.5 Å². The minimum atomic E-state index is 0.385. The summed E-state index contributed by atoms with van der Waals surface area (Å²) in [6.07, 6.45) is 0.